The summed E-state index contributed by atoms with van der Waals surface area (Å²) in [5, 5.41) is 8.65. The Labute approximate surface area is 142 Å². The molecule has 6 heteroatoms. The van der Waals surface area contributed by atoms with E-state index >= 15 is 0 Å². The number of aryl methyl sites for hydroxylation is 1. The highest BCUT2D eigenvalue weighted by atomic mass is 32.1. The lowest BCUT2D eigenvalue weighted by Crippen LogP contribution is -3.15. The van der Waals surface area contributed by atoms with Gasteiger partial charge in [0.25, 0.3) is 0 Å². The van der Waals surface area contributed by atoms with E-state index in [1.165, 1.54) is 43.4 Å². The van der Waals surface area contributed by atoms with Crippen molar-refractivity contribution in [2.75, 3.05) is 6.54 Å². The molecule has 1 aliphatic rings. The SMILES string of the molecule is CC[C@H]1CCCC[NH+]1Cn1nnn(-c2cccc(C)c2C)c1=S. The fourth-order valence-corrected chi connectivity index (χ4v) is 3.77. The van der Waals surface area contributed by atoms with Gasteiger partial charge in [-0.05, 0) is 79.4 Å². The molecule has 5 nitrogen and oxygen atoms in total. The van der Waals surface area contributed by atoms with Crippen LogP contribution in [0.3, 0.4) is 0 Å². The zero-order chi connectivity index (χ0) is 16.4. The van der Waals surface area contributed by atoms with Crippen molar-refractivity contribution >= 4 is 12.2 Å². The summed E-state index contributed by atoms with van der Waals surface area (Å²) in [6.45, 7) is 8.52. The van der Waals surface area contributed by atoms with Gasteiger partial charge in [0, 0.05) is 0 Å². The molecule has 1 aliphatic heterocycles. The number of hydrogen-bond acceptors (Lipinski definition) is 3. The second-order valence-corrected chi connectivity index (χ2v) is 6.92. The summed E-state index contributed by atoms with van der Waals surface area (Å²) >= 11 is 5.64. The molecule has 2 atom stereocenters. The second kappa shape index (κ2) is 6.93. The quantitative estimate of drug-likeness (QED) is 0.873. The molecule has 0 saturated carbocycles. The lowest BCUT2D eigenvalue weighted by atomic mass is 10.0. The summed E-state index contributed by atoms with van der Waals surface area (Å²) < 4.78 is 4.37. The third-order valence-corrected chi connectivity index (χ3v) is 5.55. The molecular formula is C17H26N5S+. The number of nitrogens with zero attached hydrogens (tertiary/aromatic N) is 4. The Bertz CT molecular complexity index is 733. The molecule has 23 heavy (non-hydrogen) atoms. The zero-order valence-electron chi connectivity index (χ0n) is 14.2. The van der Waals surface area contributed by atoms with E-state index in [1.807, 2.05) is 10.7 Å². The van der Waals surface area contributed by atoms with Crippen molar-refractivity contribution in [3.05, 3.63) is 34.1 Å². The lowest BCUT2D eigenvalue weighted by Gasteiger charge is -2.31. The number of quaternary nitrogens is 1. The summed E-state index contributed by atoms with van der Waals surface area (Å²) in [4.78, 5) is 1.59. The monoisotopic (exact) mass is 332 g/mol. The van der Waals surface area contributed by atoms with Crippen LogP contribution < -0.4 is 4.90 Å². The van der Waals surface area contributed by atoms with Gasteiger partial charge in [0.15, 0.2) is 6.67 Å². The van der Waals surface area contributed by atoms with Crippen LogP contribution in [0.25, 0.3) is 5.69 Å². The Morgan fingerprint density at radius 2 is 2.09 bits per heavy atom. The highest BCUT2D eigenvalue weighted by Gasteiger charge is 2.25. The van der Waals surface area contributed by atoms with Gasteiger partial charge in [-0.25, -0.2) is 0 Å². The summed E-state index contributed by atoms with van der Waals surface area (Å²) in [5.41, 5.74) is 3.47. The molecule has 124 valence electrons. The van der Waals surface area contributed by atoms with Gasteiger partial charge in [-0.1, -0.05) is 19.1 Å². The maximum atomic E-state index is 5.64. The minimum absolute atomic E-state index is 0.687. The molecule has 2 aromatic rings. The number of nitrogens with one attached hydrogen (secondary N) is 1. The van der Waals surface area contributed by atoms with E-state index in [4.69, 9.17) is 12.2 Å². The molecule has 1 saturated heterocycles. The molecule has 0 bridgehead atoms. The topological polar surface area (TPSA) is 40.1 Å². The van der Waals surface area contributed by atoms with Crippen molar-refractivity contribution in [2.45, 2.75) is 59.2 Å². The zero-order valence-corrected chi connectivity index (χ0v) is 15.1. The van der Waals surface area contributed by atoms with Crippen LogP contribution in [0.15, 0.2) is 18.2 Å². The van der Waals surface area contributed by atoms with Gasteiger partial charge in [0.1, 0.15) is 0 Å². The average Bonchev–Trinajstić information content (AvgIpc) is 2.91. The number of aromatic nitrogens is 4. The maximum absolute atomic E-state index is 5.64. The van der Waals surface area contributed by atoms with Gasteiger partial charge in [0.05, 0.1) is 18.3 Å². The highest BCUT2D eigenvalue weighted by molar-refractivity contribution is 7.71. The van der Waals surface area contributed by atoms with Crippen molar-refractivity contribution < 1.29 is 4.90 Å². The highest BCUT2D eigenvalue weighted by Crippen LogP contribution is 2.16. The van der Waals surface area contributed by atoms with Gasteiger partial charge in [-0.15, -0.1) is 0 Å². The van der Waals surface area contributed by atoms with E-state index in [1.54, 1.807) is 9.58 Å². The van der Waals surface area contributed by atoms with Crippen LogP contribution in [0.4, 0.5) is 0 Å². The van der Waals surface area contributed by atoms with Crippen LogP contribution in [-0.4, -0.2) is 32.4 Å². The summed E-state index contributed by atoms with van der Waals surface area (Å²) in [7, 11) is 0. The fraction of sp³-hybridized carbons (Fsp3) is 0.588. The van der Waals surface area contributed by atoms with E-state index in [0.717, 1.165) is 18.4 Å². The molecule has 1 fully saturated rings. The molecule has 1 aromatic heterocycles. The number of piperidine rings is 1. The van der Waals surface area contributed by atoms with Crippen LogP contribution in [0.1, 0.15) is 43.7 Å². The summed E-state index contributed by atoms with van der Waals surface area (Å²) in [6.07, 6.45) is 5.17. The van der Waals surface area contributed by atoms with E-state index in [-0.39, 0.29) is 0 Å². The molecule has 0 radical (unpaired) electrons. The fourth-order valence-electron chi connectivity index (χ4n) is 3.53. The van der Waals surface area contributed by atoms with Crippen molar-refractivity contribution in [1.29, 1.82) is 0 Å². The van der Waals surface area contributed by atoms with Crippen LogP contribution in [0.2, 0.25) is 0 Å². The Morgan fingerprint density at radius 1 is 1.26 bits per heavy atom. The van der Waals surface area contributed by atoms with Gasteiger partial charge >= 0.3 is 0 Å². The molecule has 0 amide bonds. The molecular weight excluding hydrogens is 306 g/mol. The first-order chi connectivity index (χ1) is 11.1. The molecule has 1 aromatic carbocycles. The number of rotatable bonds is 4. The van der Waals surface area contributed by atoms with Gasteiger partial charge < -0.3 is 4.90 Å². The van der Waals surface area contributed by atoms with E-state index < -0.39 is 0 Å². The predicted molar refractivity (Wildman–Crippen MR) is 93.4 cm³/mol. The third kappa shape index (κ3) is 3.23. The number of tetrazole rings is 1. The van der Waals surface area contributed by atoms with E-state index in [2.05, 4.69) is 43.3 Å². The van der Waals surface area contributed by atoms with Crippen molar-refractivity contribution in [1.82, 2.24) is 19.8 Å². The Hall–Kier alpha value is -1.53. The number of likely N-dealkylation sites (tertiary alicyclic amines) is 1. The van der Waals surface area contributed by atoms with Crippen molar-refractivity contribution in [2.24, 2.45) is 0 Å². The second-order valence-electron chi connectivity index (χ2n) is 6.56. The van der Waals surface area contributed by atoms with Crippen LogP contribution in [0.5, 0.6) is 0 Å². The van der Waals surface area contributed by atoms with Gasteiger partial charge in [-0.3, -0.25) is 0 Å². The Kier molecular flexibility index (Phi) is 4.92. The Morgan fingerprint density at radius 3 is 2.87 bits per heavy atom. The van der Waals surface area contributed by atoms with Crippen LogP contribution >= 0.6 is 12.2 Å². The normalized spacial score (nSPS) is 21.5. The molecule has 0 aliphatic carbocycles. The van der Waals surface area contributed by atoms with Gasteiger partial charge in [-0.2, -0.15) is 9.36 Å². The molecule has 1 unspecified atom stereocenters. The number of benzene rings is 1. The predicted octanol–water partition coefficient (Wildman–Crippen LogP) is 2.22. The van der Waals surface area contributed by atoms with E-state index in [9.17, 15) is 0 Å². The minimum atomic E-state index is 0.687. The van der Waals surface area contributed by atoms with E-state index in [0.29, 0.717) is 4.77 Å². The van der Waals surface area contributed by atoms with Crippen molar-refractivity contribution in [3.8, 4) is 5.69 Å². The molecule has 3 rings (SSSR count). The Balaban J connectivity index is 1.88. The first-order valence-corrected chi connectivity index (χ1v) is 8.96. The van der Waals surface area contributed by atoms with Crippen molar-refractivity contribution in [3.63, 3.8) is 0 Å². The largest absolute Gasteiger partial charge is 0.314 e. The molecule has 1 N–H and O–H groups in total. The standard InChI is InChI=1S/C17H25N5S/c1-4-15-9-5-6-11-20(15)12-21-17(23)22(19-18-21)16-10-7-8-13(2)14(16)3/h7-8,10,15H,4-6,9,11-12H2,1-3H3/p+1/t15-/m0/s1. The first-order valence-electron chi connectivity index (χ1n) is 8.55. The number of hydrogen-bond donors (Lipinski definition) is 1. The smallest absolute Gasteiger partial charge is 0.225 e. The minimum Gasteiger partial charge on any atom is -0.314 e. The summed E-state index contributed by atoms with van der Waals surface area (Å²) in [5.74, 6) is 0. The first kappa shape index (κ1) is 16.3. The molecule has 2 heterocycles. The average molecular weight is 332 g/mol. The maximum Gasteiger partial charge on any atom is 0.225 e. The summed E-state index contributed by atoms with van der Waals surface area (Å²) in [6, 6.07) is 6.93. The lowest BCUT2D eigenvalue weighted by molar-refractivity contribution is -0.953. The molecule has 0 spiro atoms. The third-order valence-electron chi connectivity index (χ3n) is 5.17. The van der Waals surface area contributed by atoms with Crippen LogP contribution in [-0.2, 0) is 6.67 Å². The van der Waals surface area contributed by atoms with Crippen LogP contribution in [0, 0.1) is 18.6 Å². The van der Waals surface area contributed by atoms with Gasteiger partial charge in [0.2, 0.25) is 4.77 Å².